The van der Waals surface area contributed by atoms with Gasteiger partial charge in [-0.05, 0) is 88.1 Å². The van der Waals surface area contributed by atoms with Crippen molar-refractivity contribution in [3.05, 3.63) is 58.2 Å². The van der Waals surface area contributed by atoms with E-state index in [4.69, 9.17) is 19.4 Å². The van der Waals surface area contributed by atoms with Crippen LogP contribution in [-0.4, -0.2) is 135 Å². The van der Waals surface area contributed by atoms with Gasteiger partial charge in [-0.15, -0.1) is 11.3 Å². The van der Waals surface area contributed by atoms with E-state index in [1.165, 1.54) is 21.2 Å². The SMILES string of the molecule is CC#CC(=O)N1CC2(CCN2C(=O)N(C)[C@H](C(=O)N[C@H]2Cc3nc(cs3)-c3ccc4c(c3)c(c(-c3cccnc3[C@H](C)OC)n4CC)CC(C)(C)COC(=O)[C@@H]3CCCN(N3)C2=O)C(C)C)C1.S.S.S.S. The minimum Gasteiger partial charge on any atom is -0.464 e. The van der Waals surface area contributed by atoms with Crippen molar-refractivity contribution in [2.24, 2.45) is 11.3 Å². The summed E-state index contributed by atoms with van der Waals surface area (Å²) in [5, 5.41) is 8.12. The van der Waals surface area contributed by atoms with E-state index in [1.54, 1.807) is 37.1 Å². The Bertz CT molecular complexity index is 2660. The number of hydrogen-bond donors (Lipinski definition) is 2. The molecule has 7 heterocycles. The first kappa shape index (κ1) is 59.1. The molecule has 3 aromatic heterocycles. The van der Waals surface area contributed by atoms with Crippen LogP contribution in [0.4, 0.5) is 4.79 Å². The van der Waals surface area contributed by atoms with E-state index in [0.717, 1.165) is 51.1 Å². The van der Waals surface area contributed by atoms with Crippen molar-refractivity contribution in [3.8, 4) is 34.4 Å². The number of aryl methyl sites for hydroxylation is 1. The van der Waals surface area contributed by atoms with Crippen LogP contribution in [0.5, 0.6) is 0 Å². The zero-order valence-corrected chi connectivity index (χ0v) is 46.9. The van der Waals surface area contributed by atoms with Gasteiger partial charge in [-0.2, -0.15) is 54.0 Å². The van der Waals surface area contributed by atoms with Gasteiger partial charge >= 0.3 is 12.0 Å². The van der Waals surface area contributed by atoms with Crippen molar-refractivity contribution in [1.29, 1.82) is 0 Å². The molecule has 16 nitrogen and oxygen atoms in total. The second-order valence-electron chi connectivity index (χ2n) is 19.5. The first-order valence-electron chi connectivity index (χ1n) is 23.4. The Balaban J connectivity index is 0.00000274. The summed E-state index contributed by atoms with van der Waals surface area (Å²) in [5.41, 5.74) is 8.78. The lowest BCUT2D eigenvalue weighted by Gasteiger charge is -2.62. The molecule has 8 rings (SSSR count). The molecule has 4 aliphatic heterocycles. The average molecular weight is 1070 g/mol. The highest BCUT2D eigenvalue weighted by Crippen LogP contribution is 2.43. The number of carbonyl (C=O) groups excluding carboxylic acids is 5. The highest BCUT2D eigenvalue weighted by molar-refractivity contribution is 7.59. The number of urea groups is 1. The number of hydrogen-bond acceptors (Lipinski definition) is 11. The molecule has 4 aromatic rings. The number of hydrazine groups is 1. The predicted molar refractivity (Wildman–Crippen MR) is 297 cm³/mol. The molecule has 388 valence electrons. The molecule has 0 unspecified atom stereocenters. The summed E-state index contributed by atoms with van der Waals surface area (Å²) < 4.78 is 14.2. The van der Waals surface area contributed by atoms with Crippen LogP contribution in [0.25, 0.3) is 33.4 Å². The minimum absolute atomic E-state index is 0. The first-order chi connectivity index (χ1) is 32.0. The van der Waals surface area contributed by atoms with E-state index in [9.17, 15) is 24.0 Å². The monoisotopic (exact) mass is 1070 g/mol. The van der Waals surface area contributed by atoms with E-state index in [0.29, 0.717) is 57.0 Å². The number of amides is 5. The molecular formula is C50H71N9O7S5. The van der Waals surface area contributed by atoms with Crippen molar-refractivity contribution in [3.63, 3.8) is 0 Å². The Morgan fingerprint density at radius 1 is 1.08 bits per heavy atom. The molecular weight excluding hydrogens is 999 g/mol. The number of fused-ring (bicyclic) bond motifs is 6. The summed E-state index contributed by atoms with van der Waals surface area (Å²) in [7, 11) is 3.30. The van der Waals surface area contributed by atoms with E-state index in [1.807, 2.05) is 32.2 Å². The number of thiazole rings is 1. The number of ether oxygens (including phenoxy) is 2. The average Bonchev–Trinajstić information content (AvgIpc) is 3.87. The molecule has 5 amide bonds. The Labute approximate surface area is 449 Å². The summed E-state index contributed by atoms with van der Waals surface area (Å²) in [4.78, 5) is 84.4. The third-order valence-corrected chi connectivity index (χ3v) is 14.7. The fourth-order valence-electron chi connectivity index (χ4n) is 10.2. The molecule has 0 saturated carbocycles. The third-order valence-electron chi connectivity index (χ3n) is 13.9. The topological polar surface area (TPSA) is 172 Å². The second kappa shape index (κ2) is 24.1. The van der Waals surface area contributed by atoms with Crippen LogP contribution < -0.4 is 10.7 Å². The number of likely N-dealkylation sites (tertiary alicyclic amines) is 2. The Hall–Kier alpha value is -4.43. The summed E-state index contributed by atoms with van der Waals surface area (Å²) in [5.74, 6) is 3.26. The summed E-state index contributed by atoms with van der Waals surface area (Å²) >= 11 is 1.41. The van der Waals surface area contributed by atoms with Crippen molar-refractivity contribution in [1.82, 2.24) is 45.0 Å². The van der Waals surface area contributed by atoms with Gasteiger partial charge in [0.05, 0.1) is 40.3 Å². The Kier molecular flexibility index (Phi) is 20.0. The minimum atomic E-state index is -1.09. The van der Waals surface area contributed by atoms with Gasteiger partial charge in [0.1, 0.15) is 18.1 Å². The van der Waals surface area contributed by atoms with Crippen molar-refractivity contribution in [2.45, 2.75) is 117 Å². The van der Waals surface area contributed by atoms with Crippen LogP contribution in [0.1, 0.15) is 90.1 Å². The van der Waals surface area contributed by atoms with Crippen LogP contribution in [0, 0.1) is 23.2 Å². The van der Waals surface area contributed by atoms with Gasteiger partial charge in [0.2, 0.25) is 5.91 Å². The number of pyridine rings is 1. The lowest BCUT2D eigenvalue weighted by Crippen LogP contribution is -2.79. The third kappa shape index (κ3) is 11.7. The van der Waals surface area contributed by atoms with E-state index < -0.39 is 46.9 Å². The highest BCUT2D eigenvalue weighted by Gasteiger charge is 2.57. The second-order valence-corrected chi connectivity index (χ2v) is 20.5. The van der Waals surface area contributed by atoms with Gasteiger partial charge < -0.3 is 34.1 Å². The molecule has 3 fully saturated rings. The molecule has 6 bridgehead atoms. The molecule has 1 aromatic carbocycles. The lowest BCUT2D eigenvalue weighted by atomic mass is 9.77. The normalized spacial score (nSPS) is 19.9. The van der Waals surface area contributed by atoms with Gasteiger partial charge in [0.25, 0.3) is 11.8 Å². The van der Waals surface area contributed by atoms with Gasteiger partial charge in [-0.25, -0.2) is 15.2 Å². The molecule has 1 spiro atoms. The van der Waals surface area contributed by atoms with Crippen LogP contribution in [0.3, 0.4) is 0 Å². The van der Waals surface area contributed by atoms with Crippen LogP contribution in [0.2, 0.25) is 0 Å². The quantitative estimate of drug-likeness (QED) is 0.157. The zero-order valence-electron chi connectivity index (χ0n) is 42.1. The predicted octanol–water partition coefficient (Wildman–Crippen LogP) is 6.04. The van der Waals surface area contributed by atoms with Gasteiger partial charge in [-0.1, -0.05) is 39.7 Å². The standard InChI is InChI=1S/C50H63N9O7S.4H2S/c1-10-14-41(60)56-27-50(28-56)19-22-58(50)48(64)55(8)43(30(3)4)45(61)53-37-24-40-52-38(26-67-40)32-17-18-39-34(23-32)35(44(57(39)11-2)33-15-12-20-51-42(33)31(5)65-9)25-49(6,7)29-66-47(63)36-16-13-21-59(54-36)46(37)62;;;;/h12,15,17-18,20,23,26,30-31,36-37,43,54H,11,13,16,19,21-22,24-25,27-29H2,1-9H3,(H,53,61);4*1H2/t31-,36-,37-,43-;;;;/m0..../s1. The Morgan fingerprint density at radius 2 is 1.82 bits per heavy atom. The number of rotatable bonds is 8. The lowest BCUT2D eigenvalue weighted by molar-refractivity contribution is -0.155. The van der Waals surface area contributed by atoms with Gasteiger partial charge in [0.15, 0.2) is 0 Å². The van der Waals surface area contributed by atoms with E-state index >= 15 is 0 Å². The maximum absolute atomic E-state index is 14.7. The largest absolute Gasteiger partial charge is 0.464 e. The summed E-state index contributed by atoms with van der Waals surface area (Å²) in [6.45, 7) is 16.1. The fraction of sp³-hybridized carbons (Fsp3) is 0.540. The van der Waals surface area contributed by atoms with Crippen LogP contribution in [0.15, 0.2) is 41.9 Å². The number of cyclic esters (lactones) is 1. The number of benzene rings is 1. The number of nitrogens with zero attached hydrogens (tertiary/aromatic N) is 7. The van der Waals surface area contributed by atoms with Gasteiger partial charge in [-0.3, -0.25) is 29.2 Å². The number of esters is 1. The maximum atomic E-state index is 14.7. The number of likely N-dealkylation sites (N-methyl/N-ethyl adjacent to an activating group) is 1. The number of nitrogens with one attached hydrogen (secondary N) is 2. The van der Waals surface area contributed by atoms with Crippen LogP contribution in [-0.2, 0) is 48.0 Å². The van der Waals surface area contributed by atoms with Crippen molar-refractivity contribution >= 4 is 106 Å². The highest BCUT2D eigenvalue weighted by atomic mass is 32.1. The summed E-state index contributed by atoms with van der Waals surface area (Å²) in [6.07, 6.45) is 3.93. The fourth-order valence-corrected chi connectivity index (χ4v) is 11.1. The number of methoxy groups -OCH3 is 1. The molecule has 4 atom stereocenters. The number of carbonyl (C=O) groups is 5. The molecule has 2 N–H and O–H groups in total. The van der Waals surface area contributed by atoms with Gasteiger partial charge in [0, 0.05) is 92.3 Å². The summed E-state index contributed by atoms with van der Waals surface area (Å²) in [6, 6.07) is 7.29. The molecule has 0 radical (unpaired) electrons. The van der Waals surface area contributed by atoms with Crippen molar-refractivity contribution in [2.75, 3.05) is 46.9 Å². The van der Waals surface area contributed by atoms with E-state index in [2.05, 4.69) is 72.2 Å². The molecule has 4 aliphatic rings. The molecule has 0 aliphatic carbocycles. The first-order valence-corrected chi connectivity index (χ1v) is 24.3. The maximum Gasteiger partial charge on any atom is 0.324 e. The molecule has 21 heteroatoms. The van der Waals surface area contributed by atoms with Crippen LogP contribution >= 0.6 is 65.3 Å². The molecule has 71 heavy (non-hydrogen) atoms. The number of aromatic nitrogens is 3. The Morgan fingerprint density at radius 3 is 2.46 bits per heavy atom. The molecule has 3 saturated heterocycles. The van der Waals surface area contributed by atoms with Crippen molar-refractivity contribution < 1.29 is 33.4 Å². The smallest absolute Gasteiger partial charge is 0.324 e. The van der Waals surface area contributed by atoms with E-state index in [-0.39, 0.29) is 91.0 Å². The zero-order chi connectivity index (χ0) is 47.9.